The summed E-state index contributed by atoms with van der Waals surface area (Å²) in [4.78, 5) is 20.3. The molecule has 4 aromatic rings. The first-order valence-corrected chi connectivity index (χ1v) is 7.47. The molecule has 25 heavy (non-hydrogen) atoms. The van der Waals surface area contributed by atoms with Crippen molar-refractivity contribution < 1.29 is 9.21 Å². The number of amides is 1. The van der Waals surface area contributed by atoms with E-state index in [1.807, 2.05) is 6.07 Å². The third kappa shape index (κ3) is 3.15. The number of carbonyl (C=O) groups excluding carboxylic acids is 1. The van der Waals surface area contributed by atoms with Crippen LogP contribution < -0.4 is 5.32 Å². The molecule has 0 aromatic carbocycles. The summed E-state index contributed by atoms with van der Waals surface area (Å²) in [5.74, 6) is 0.997. The number of hydrogen-bond acceptors (Lipinski definition) is 6. The van der Waals surface area contributed by atoms with Gasteiger partial charge in [0.15, 0.2) is 17.3 Å². The van der Waals surface area contributed by atoms with Gasteiger partial charge in [0.1, 0.15) is 18.3 Å². The standard InChI is InChI=1S/C16H13N7O2/c24-16(13-6-12(21-22-13)14-2-1-5-25-14)19-8-11-3-4-15(18-7-11)23-10-17-9-20-23/h1-7,9-10H,8H2,(H,19,24)(H,21,22). The Balaban J connectivity index is 1.39. The second-order valence-corrected chi connectivity index (χ2v) is 5.19. The predicted molar refractivity (Wildman–Crippen MR) is 86.6 cm³/mol. The molecule has 0 radical (unpaired) electrons. The van der Waals surface area contributed by atoms with Crippen LogP contribution in [0.15, 0.2) is 59.9 Å². The number of rotatable bonds is 5. The second-order valence-electron chi connectivity index (χ2n) is 5.19. The highest BCUT2D eigenvalue weighted by Gasteiger charge is 2.12. The Morgan fingerprint density at radius 2 is 2.28 bits per heavy atom. The Morgan fingerprint density at radius 3 is 3.00 bits per heavy atom. The lowest BCUT2D eigenvalue weighted by Crippen LogP contribution is -2.23. The predicted octanol–water partition coefficient (Wildman–Crippen LogP) is 1.58. The van der Waals surface area contributed by atoms with E-state index in [1.165, 1.54) is 6.33 Å². The van der Waals surface area contributed by atoms with Crippen LogP contribution in [-0.4, -0.2) is 35.9 Å². The minimum atomic E-state index is -0.283. The van der Waals surface area contributed by atoms with Crippen LogP contribution >= 0.6 is 0 Å². The summed E-state index contributed by atoms with van der Waals surface area (Å²) in [7, 11) is 0. The number of H-pyrrole nitrogens is 1. The van der Waals surface area contributed by atoms with Gasteiger partial charge in [-0.15, -0.1) is 0 Å². The van der Waals surface area contributed by atoms with Crippen molar-refractivity contribution in [2.24, 2.45) is 0 Å². The zero-order valence-electron chi connectivity index (χ0n) is 13.0. The molecule has 2 N–H and O–H groups in total. The lowest BCUT2D eigenvalue weighted by Gasteiger charge is -2.04. The monoisotopic (exact) mass is 335 g/mol. The molecular formula is C16H13N7O2. The van der Waals surface area contributed by atoms with E-state index in [4.69, 9.17) is 4.42 Å². The van der Waals surface area contributed by atoms with Gasteiger partial charge in [-0.2, -0.15) is 10.2 Å². The summed E-state index contributed by atoms with van der Waals surface area (Å²) >= 11 is 0. The number of aromatic amines is 1. The molecule has 0 aliphatic heterocycles. The average molecular weight is 335 g/mol. The van der Waals surface area contributed by atoms with E-state index in [-0.39, 0.29) is 5.91 Å². The lowest BCUT2D eigenvalue weighted by atomic mass is 10.2. The highest BCUT2D eigenvalue weighted by atomic mass is 16.3. The van der Waals surface area contributed by atoms with E-state index in [1.54, 1.807) is 47.7 Å². The summed E-state index contributed by atoms with van der Waals surface area (Å²) in [6.07, 6.45) is 6.25. The molecule has 0 spiro atoms. The van der Waals surface area contributed by atoms with Gasteiger partial charge < -0.3 is 9.73 Å². The largest absolute Gasteiger partial charge is 0.463 e. The van der Waals surface area contributed by atoms with E-state index < -0.39 is 0 Å². The van der Waals surface area contributed by atoms with E-state index in [0.29, 0.717) is 29.5 Å². The molecule has 1 amide bonds. The van der Waals surface area contributed by atoms with Gasteiger partial charge in [-0.1, -0.05) is 6.07 Å². The molecule has 4 aromatic heterocycles. The fourth-order valence-corrected chi connectivity index (χ4v) is 2.25. The van der Waals surface area contributed by atoms with Crippen LogP contribution in [0.3, 0.4) is 0 Å². The topological polar surface area (TPSA) is 115 Å². The third-order valence-electron chi connectivity index (χ3n) is 3.51. The van der Waals surface area contributed by atoms with Gasteiger partial charge in [0.05, 0.1) is 6.26 Å². The van der Waals surface area contributed by atoms with Crippen LogP contribution in [0.25, 0.3) is 17.3 Å². The fraction of sp³-hybridized carbons (Fsp3) is 0.0625. The summed E-state index contributed by atoms with van der Waals surface area (Å²) in [5.41, 5.74) is 1.80. The maximum absolute atomic E-state index is 12.2. The molecule has 124 valence electrons. The van der Waals surface area contributed by atoms with Crippen LogP contribution in [0.2, 0.25) is 0 Å². The van der Waals surface area contributed by atoms with Crippen molar-refractivity contribution in [2.45, 2.75) is 6.54 Å². The highest BCUT2D eigenvalue weighted by molar-refractivity contribution is 5.93. The summed E-state index contributed by atoms with van der Waals surface area (Å²) < 4.78 is 6.82. The first-order chi connectivity index (χ1) is 12.3. The minimum Gasteiger partial charge on any atom is -0.463 e. The molecule has 0 saturated carbocycles. The van der Waals surface area contributed by atoms with Crippen molar-refractivity contribution in [2.75, 3.05) is 0 Å². The van der Waals surface area contributed by atoms with Crippen molar-refractivity contribution in [3.63, 3.8) is 0 Å². The third-order valence-corrected chi connectivity index (χ3v) is 3.51. The van der Waals surface area contributed by atoms with Gasteiger partial charge >= 0.3 is 0 Å². The number of aromatic nitrogens is 6. The quantitative estimate of drug-likeness (QED) is 0.572. The second kappa shape index (κ2) is 6.40. The molecule has 9 nitrogen and oxygen atoms in total. The smallest absolute Gasteiger partial charge is 0.272 e. The number of nitrogens with zero attached hydrogens (tertiary/aromatic N) is 5. The number of nitrogens with one attached hydrogen (secondary N) is 2. The van der Waals surface area contributed by atoms with Gasteiger partial charge in [-0.3, -0.25) is 9.89 Å². The molecule has 9 heteroatoms. The lowest BCUT2D eigenvalue weighted by molar-refractivity contribution is 0.0946. The average Bonchev–Trinajstić information content (AvgIpc) is 3.42. The molecule has 0 saturated heterocycles. The summed E-state index contributed by atoms with van der Waals surface area (Å²) in [5, 5.41) is 13.6. The molecule has 0 unspecified atom stereocenters. The van der Waals surface area contributed by atoms with Crippen LogP contribution in [0, 0.1) is 0 Å². The molecular weight excluding hydrogens is 322 g/mol. The van der Waals surface area contributed by atoms with Crippen molar-refractivity contribution >= 4 is 5.91 Å². The number of pyridine rings is 1. The number of furan rings is 1. The molecule has 0 fully saturated rings. The van der Waals surface area contributed by atoms with Gasteiger partial charge in [-0.25, -0.2) is 14.6 Å². The van der Waals surface area contributed by atoms with Crippen LogP contribution in [0.4, 0.5) is 0 Å². The van der Waals surface area contributed by atoms with Gasteiger partial charge in [0.2, 0.25) is 0 Å². The number of hydrogen-bond donors (Lipinski definition) is 2. The maximum atomic E-state index is 12.2. The molecule has 0 aliphatic rings. The molecule has 4 heterocycles. The first-order valence-electron chi connectivity index (χ1n) is 7.47. The molecule has 4 rings (SSSR count). The van der Waals surface area contributed by atoms with Crippen molar-refractivity contribution in [3.8, 4) is 17.3 Å². The zero-order chi connectivity index (χ0) is 17.1. The SMILES string of the molecule is O=C(NCc1ccc(-n2cncn2)nc1)c1cc(-c2ccco2)[nH]n1. The summed E-state index contributed by atoms with van der Waals surface area (Å²) in [6.45, 7) is 0.340. The fourth-order valence-electron chi connectivity index (χ4n) is 2.25. The molecule has 0 bridgehead atoms. The zero-order valence-corrected chi connectivity index (χ0v) is 13.0. The van der Waals surface area contributed by atoms with E-state index in [0.717, 1.165) is 5.56 Å². The van der Waals surface area contributed by atoms with Crippen molar-refractivity contribution in [3.05, 3.63) is 66.7 Å². The minimum absolute atomic E-state index is 0.283. The van der Waals surface area contributed by atoms with Crippen LogP contribution in [-0.2, 0) is 6.54 Å². The maximum Gasteiger partial charge on any atom is 0.272 e. The van der Waals surface area contributed by atoms with Crippen LogP contribution in [0.1, 0.15) is 16.1 Å². The number of carbonyl (C=O) groups is 1. The highest BCUT2D eigenvalue weighted by Crippen LogP contribution is 2.17. The Hall–Kier alpha value is -3.75. The Bertz CT molecular complexity index is 957. The van der Waals surface area contributed by atoms with Gasteiger partial charge in [-0.05, 0) is 23.8 Å². The summed E-state index contributed by atoms with van der Waals surface area (Å²) in [6, 6.07) is 8.87. The first kappa shape index (κ1) is 14.8. The Labute approximate surface area is 141 Å². The normalized spacial score (nSPS) is 10.7. The Kier molecular flexibility index (Phi) is 3.79. The van der Waals surface area contributed by atoms with E-state index in [9.17, 15) is 4.79 Å². The molecule has 0 atom stereocenters. The molecule has 0 aliphatic carbocycles. The van der Waals surface area contributed by atoms with Crippen molar-refractivity contribution in [1.29, 1.82) is 0 Å². The van der Waals surface area contributed by atoms with Gasteiger partial charge in [0, 0.05) is 18.8 Å². The van der Waals surface area contributed by atoms with Crippen molar-refractivity contribution in [1.82, 2.24) is 35.3 Å². The van der Waals surface area contributed by atoms with E-state index in [2.05, 4.69) is 30.6 Å². The Morgan fingerprint density at radius 1 is 1.32 bits per heavy atom. The van der Waals surface area contributed by atoms with E-state index >= 15 is 0 Å². The van der Waals surface area contributed by atoms with Crippen LogP contribution in [0.5, 0.6) is 0 Å². The van der Waals surface area contributed by atoms with Gasteiger partial charge in [0.25, 0.3) is 5.91 Å².